The molecule has 14 heavy (non-hydrogen) atoms. The number of hydrogen-bond acceptors (Lipinski definition) is 1. The van der Waals surface area contributed by atoms with Crippen LogP contribution < -0.4 is 0 Å². The molecule has 0 aromatic carbocycles. The predicted molar refractivity (Wildman–Crippen MR) is 64.1 cm³/mol. The van der Waals surface area contributed by atoms with Gasteiger partial charge in [0.1, 0.15) is 0 Å². The second kappa shape index (κ2) is 9.20. The van der Waals surface area contributed by atoms with Gasteiger partial charge >= 0.3 is 0 Å². The van der Waals surface area contributed by atoms with Gasteiger partial charge in [-0.25, -0.2) is 11.3 Å². The molecule has 0 fully saturated rings. The Balaban J connectivity index is -0.000000403. The van der Waals surface area contributed by atoms with E-state index in [9.17, 15) is 0 Å². The fourth-order valence-electron chi connectivity index (χ4n) is 1.26. The zero-order valence-electron chi connectivity index (χ0n) is 8.79. The predicted octanol–water partition coefficient (Wildman–Crippen LogP) is 3.30. The summed E-state index contributed by atoms with van der Waals surface area (Å²) in [4.78, 5) is 0. The van der Waals surface area contributed by atoms with E-state index < -0.39 is 8.32 Å². The van der Waals surface area contributed by atoms with Crippen molar-refractivity contribution in [1.29, 1.82) is 0 Å². The van der Waals surface area contributed by atoms with Crippen molar-refractivity contribution in [3.8, 4) is 0 Å². The summed E-state index contributed by atoms with van der Waals surface area (Å²) >= 11 is 0. The largest absolute Gasteiger partial charge is 0.416 e. The van der Waals surface area contributed by atoms with Gasteiger partial charge in [0.2, 0.25) is 0 Å². The Bertz CT molecular complexity index is 205. The van der Waals surface area contributed by atoms with Crippen LogP contribution in [0.1, 0.15) is 13.3 Å². The van der Waals surface area contributed by atoms with Crippen LogP contribution >= 0.6 is 24.8 Å². The third kappa shape index (κ3) is 5.74. The molecule has 0 unspecified atom stereocenters. The van der Waals surface area contributed by atoms with Crippen molar-refractivity contribution in [2.75, 3.05) is 6.61 Å². The minimum absolute atomic E-state index is 0. The Morgan fingerprint density at radius 2 is 2.00 bits per heavy atom. The SMILES string of the molecule is CCO[Si](C)(C)C1=[C-]CC=C1.Cl.Cl.[Ti]. The van der Waals surface area contributed by atoms with Gasteiger partial charge in [-0.2, -0.15) is 6.08 Å². The topological polar surface area (TPSA) is 9.23 Å². The summed E-state index contributed by atoms with van der Waals surface area (Å²) in [5, 5.41) is 1.32. The Hall–Kier alpha value is 0.951. The monoisotopic (exact) mass is 287 g/mol. The Labute approximate surface area is 115 Å². The van der Waals surface area contributed by atoms with Gasteiger partial charge in [-0.3, -0.25) is 6.08 Å². The van der Waals surface area contributed by atoms with Crippen LogP contribution in [0.3, 0.4) is 0 Å². The van der Waals surface area contributed by atoms with Crippen molar-refractivity contribution in [3.63, 3.8) is 0 Å². The third-order valence-corrected chi connectivity index (χ3v) is 4.50. The molecule has 0 aromatic heterocycles. The van der Waals surface area contributed by atoms with Gasteiger partial charge in [-0.15, -0.1) is 31.2 Å². The molecule has 0 bridgehead atoms. The molecule has 5 heteroatoms. The Morgan fingerprint density at radius 3 is 2.36 bits per heavy atom. The molecule has 0 atom stereocenters. The van der Waals surface area contributed by atoms with Crippen LogP contribution in [0.5, 0.6) is 0 Å². The van der Waals surface area contributed by atoms with E-state index in [1.807, 2.05) is 6.92 Å². The van der Waals surface area contributed by atoms with Crippen LogP contribution in [0.4, 0.5) is 0 Å². The van der Waals surface area contributed by atoms with Gasteiger partial charge in [0.25, 0.3) is 0 Å². The summed E-state index contributed by atoms with van der Waals surface area (Å²) < 4.78 is 5.70. The first-order valence-corrected chi connectivity index (χ1v) is 6.99. The van der Waals surface area contributed by atoms with Crippen molar-refractivity contribution in [2.45, 2.75) is 26.4 Å². The van der Waals surface area contributed by atoms with Crippen molar-refractivity contribution < 1.29 is 26.1 Å². The molecule has 0 amide bonds. The Kier molecular flexibility index (Phi) is 13.4. The summed E-state index contributed by atoms with van der Waals surface area (Å²) in [7, 11) is -1.55. The maximum atomic E-state index is 5.70. The number of allylic oxidation sites excluding steroid dienone is 4. The van der Waals surface area contributed by atoms with Crippen LogP contribution in [-0.4, -0.2) is 14.9 Å². The van der Waals surface area contributed by atoms with Gasteiger partial charge in [-0.05, 0) is 20.0 Å². The molecular weight excluding hydrogens is 271 g/mol. The van der Waals surface area contributed by atoms with Gasteiger partial charge in [0, 0.05) is 28.3 Å². The van der Waals surface area contributed by atoms with E-state index in [0.29, 0.717) is 0 Å². The van der Waals surface area contributed by atoms with Crippen LogP contribution in [0.2, 0.25) is 13.1 Å². The molecule has 0 N–H and O–H groups in total. The van der Waals surface area contributed by atoms with Crippen LogP contribution in [0.25, 0.3) is 0 Å². The summed E-state index contributed by atoms with van der Waals surface area (Å²) in [6.45, 7) is 7.30. The summed E-state index contributed by atoms with van der Waals surface area (Å²) in [5.74, 6) is 0. The molecule has 1 rings (SSSR count). The van der Waals surface area contributed by atoms with Crippen molar-refractivity contribution in [1.82, 2.24) is 0 Å². The zero-order chi connectivity index (χ0) is 8.32. The van der Waals surface area contributed by atoms with Crippen molar-refractivity contribution in [3.05, 3.63) is 23.4 Å². The minimum atomic E-state index is -1.55. The van der Waals surface area contributed by atoms with E-state index in [1.54, 1.807) is 0 Å². The molecule has 0 saturated heterocycles. The third-order valence-electron chi connectivity index (χ3n) is 1.85. The van der Waals surface area contributed by atoms with E-state index >= 15 is 0 Å². The fourth-order valence-corrected chi connectivity index (χ4v) is 3.18. The first-order valence-electron chi connectivity index (χ1n) is 4.08. The van der Waals surface area contributed by atoms with Crippen molar-refractivity contribution >= 4 is 33.1 Å². The van der Waals surface area contributed by atoms with Gasteiger partial charge in [0.05, 0.1) is 0 Å². The molecule has 0 spiro atoms. The Morgan fingerprint density at radius 1 is 1.43 bits per heavy atom. The molecule has 0 heterocycles. The molecule has 0 radical (unpaired) electrons. The second-order valence-corrected chi connectivity index (χ2v) is 6.99. The number of hydrogen-bond donors (Lipinski definition) is 0. The molecule has 1 aliphatic rings. The first kappa shape index (κ1) is 20.4. The average molecular weight is 288 g/mol. The zero-order valence-corrected chi connectivity index (χ0v) is 13.0. The number of halogens is 2. The standard InChI is InChI=1S/C9H15OSi.2ClH.Ti/c1-4-10-11(2,3)9-7-5-6-8-9;;;/h5,7H,4,6H2,1-3H3;2*1H;/q-1;;;. The molecule has 1 nitrogen and oxygen atoms in total. The van der Waals surface area contributed by atoms with E-state index in [0.717, 1.165) is 13.0 Å². The molecule has 0 aliphatic heterocycles. The summed E-state index contributed by atoms with van der Waals surface area (Å²) in [5.41, 5.74) is 0. The van der Waals surface area contributed by atoms with Gasteiger partial charge in [-0.1, -0.05) is 0 Å². The van der Waals surface area contributed by atoms with Gasteiger partial charge in [0.15, 0.2) is 8.32 Å². The van der Waals surface area contributed by atoms with Crippen LogP contribution in [-0.2, 0) is 26.1 Å². The molecular formula is C9H17Cl2OSiTi-. The van der Waals surface area contributed by atoms with E-state index in [4.69, 9.17) is 4.43 Å². The second-order valence-electron chi connectivity index (χ2n) is 3.14. The maximum Gasteiger partial charge on any atom is 0.182 e. The van der Waals surface area contributed by atoms with E-state index in [2.05, 4.69) is 31.3 Å². The average Bonchev–Trinajstić information content (AvgIpc) is 2.37. The fraction of sp³-hybridized carbons (Fsp3) is 0.556. The van der Waals surface area contributed by atoms with Crippen LogP contribution in [0, 0.1) is 6.08 Å². The van der Waals surface area contributed by atoms with E-state index in [-0.39, 0.29) is 46.5 Å². The van der Waals surface area contributed by atoms with Crippen LogP contribution in [0.15, 0.2) is 17.3 Å². The molecule has 82 valence electrons. The summed E-state index contributed by atoms with van der Waals surface area (Å²) in [6, 6.07) is 0. The minimum Gasteiger partial charge on any atom is -0.416 e. The van der Waals surface area contributed by atoms with Gasteiger partial charge < -0.3 is 4.43 Å². The van der Waals surface area contributed by atoms with E-state index in [1.165, 1.54) is 5.20 Å². The normalized spacial score (nSPS) is 13.5. The molecule has 0 saturated carbocycles. The molecule has 0 aromatic rings. The molecule has 1 aliphatic carbocycles. The smallest absolute Gasteiger partial charge is 0.182 e. The van der Waals surface area contributed by atoms with Crippen molar-refractivity contribution in [2.24, 2.45) is 0 Å². The quantitative estimate of drug-likeness (QED) is 0.572. The first-order chi connectivity index (χ1) is 5.17. The number of rotatable bonds is 3. The summed E-state index contributed by atoms with van der Waals surface area (Å²) in [6.07, 6.45) is 8.59. The maximum absolute atomic E-state index is 5.70.